The molecule has 9 nitrogen and oxygen atoms in total. The van der Waals surface area contributed by atoms with Gasteiger partial charge in [-0.15, -0.1) is 0 Å². The van der Waals surface area contributed by atoms with Crippen molar-refractivity contribution in [2.24, 2.45) is 0 Å². The minimum absolute atomic E-state index is 0.0207. The number of aromatic nitrogens is 3. The number of hydrogen-bond acceptors (Lipinski definition) is 6. The van der Waals surface area contributed by atoms with Crippen LogP contribution in [0.3, 0.4) is 0 Å². The normalized spacial score (nSPS) is 11.1. The molecule has 0 saturated carbocycles. The molecule has 3 aromatic heterocycles. The highest BCUT2D eigenvalue weighted by molar-refractivity contribution is 6.12. The van der Waals surface area contributed by atoms with Gasteiger partial charge < -0.3 is 14.5 Å². The maximum atomic E-state index is 14.1. The third-order valence-corrected chi connectivity index (χ3v) is 5.26. The molecule has 0 aliphatic rings. The lowest BCUT2D eigenvalue weighted by Crippen LogP contribution is -2.15. The van der Waals surface area contributed by atoms with Gasteiger partial charge in [-0.1, -0.05) is 0 Å². The Hall–Kier alpha value is -4.21. The van der Waals surface area contributed by atoms with Gasteiger partial charge in [-0.25, -0.2) is 18.9 Å². The average Bonchev–Trinajstić information content (AvgIpc) is 3.37. The van der Waals surface area contributed by atoms with E-state index >= 15 is 0 Å². The molecule has 0 radical (unpaired) electrons. The number of furan rings is 1. The van der Waals surface area contributed by atoms with E-state index in [-0.39, 0.29) is 17.4 Å². The van der Waals surface area contributed by atoms with Crippen LogP contribution in [-0.4, -0.2) is 33.9 Å². The summed E-state index contributed by atoms with van der Waals surface area (Å²) >= 11 is 0. The van der Waals surface area contributed by atoms with Gasteiger partial charge in [-0.2, -0.15) is 5.10 Å². The number of hydrogen-bond donors (Lipinski definition) is 2. The van der Waals surface area contributed by atoms with Gasteiger partial charge in [0.2, 0.25) is 0 Å². The van der Waals surface area contributed by atoms with Crippen molar-refractivity contribution < 1.29 is 23.1 Å². The second-order valence-electron chi connectivity index (χ2n) is 8.07. The SMILES string of the molecule is COC(=O)Nc1cc(NC(=O)c2cc(-c3cc(C)oc3C)nc3c2cnn3C(C)C)ccc1F. The number of amides is 2. The van der Waals surface area contributed by atoms with E-state index in [0.717, 1.165) is 17.4 Å². The van der Waals surface area contributed by atoms with Crippen LogP contribution < -0.4 is 10.6 Å². The molecule has 4 rings (SSSR count). The van der Waals surface area contributed by atoms with Gasteiger partial charge in [0.25, 0.3) is 5.91 Å². The standard InChI is InChI=1S/C24H24FN5O4/c1-12(2)30-22-18(11-26-30)17(10-20(28-22)16-8-13(3)34-14(16)4)23(31)27-15-6-7-19(25)21(9-15)29-24(32)33-5/h6-12H,1-5H3,(H,27,31)(H,29,32). The third kappa shape index (κ3) is 4.34. The fourth-order valence-electron chi connectivity index (χ4n) is 3.67. The van der Waals surface area contributed by atoms with E-state index in [0.29, 0.717) is 28.1 Å². The van der Waals surface area contributed by atoms with Crippen LogP contribution in [0.15, 0.2) is 40.9 Å². The van der Waals surface area contributed by atoms with E-state index in [1.807, 2.05) is 33.8 Å². The summed E-state index contributed by atoms with van der Waals surface area (Å²) < 4.78 is 26.0. The number of halogens is 1. The van der Waals surface area contributed by atoms with E-state index in [9.17, 15) is 14.0 Å². The zero-order valence-corrected chi connectivity index (χ0v) is 19.4. The summed E-state index contributed by atoms with van der Waals surface area (Å²) in [5, 5.41) is 10.0. The van der Waals surface area contributed by atoms with E-state index < -0.39 is 17.8 Å². The number of rotatable bonds is 5. The van der Waals surface area contributed by atoms with E-state index in [2.05, 4.69) is 20.5 Å². The van der Waals surface area contributed by atoms with Gasteiger partial charge in [0.15, 0.2) is 5.65 Å². The van der Waals surface area contributed by atoms with Crippen LogP contribution in [0.4, 0.5) is 20.6 Å². The number of nitrogens with zero attached hydrogens (tertiary/aromatic N) is 3. The lowest BCUT2D eigenvalue weighted by Gasteiger charge is -2.12. The molecule has 3 heterocycles. The van der Waals surface area contributed by atoms with Crippen LogP contribution in [0.1, 0.15) is 41.8 Å². The Bertz CT molecular complexity index is 1410. The number of benzene rings is 1. The predicted octanol–water partition coefficient (Wildman–Crippen LogP) is 5.46. The number of ether oxygens (including phenoxy) is 1. The first-order chi connectivity index (χ1) is 16.2. The van der Waals surface area contributed by atoms with E-state index in [1.54, 1.807) is 16.9 Å². The summed E-state index contributed by atoms with van der Waals surface area (Å²) in [6, 6.07) is 7.42. The van der Waals surface area contributed by atoms with Crippen molar-refractivity contribution in [3.63, 3.8) is 0 Å². The molecule has 4 aromatic rings. The minimum atomic E-state index is -0.824. The number of fused-ring (bicyclic) bond motifs is 1. The summed E-state index contributed by atoms with van der Waals surface area (Å²) in [7, 11) is 1.17. The summed E-state index contributed by atoms with van der Waals surface area (Å²) in [6.07, 6.45) is 0.776. The van der Waals surface area contributed by atoms with Crippen molar-refractivity contribution in [1.82, 2.24) is 14.8 Å². The monoisotopic (exact) mass is 465 g/mol. The van der Waals surface area contributed by atoms with Crippen LogP contribution in [0, 0.1) is 19.7 Å². The topological polar surface area (TPSA) is 111 Å². The Balaban J connectivity index is 1.78. The average molecular weight is 465 g/mol. The molecular weight excluding hydrogens is 441 g/mol. The molecule has 0 spiro atoms. The molecule has 0 fully saturated rings. The number of carbonyl (C=O) groups is 2. The molecule has 176 valence electrons. The van der Waals surface area contributed by atoms with Gasteiger partial charge in [0.05, 0.1) is 35.6 Å². The Labute approximate surface area is 194 Å². The number of methoxy groups -OCH3 is 1. The lowest BCUT2D eigenvalue weighted by atomic mass is 10.1. The van der Waals surface area contributed by atoms with Crippen molar-refractivity contribution >= 4 is 34.4 Å². The van der Waals surface area contributed by atoms with Gasteiger partial charge in [-0.05, 0) is 58.0 Å². The fourth-order valence-corrected chi connectivity index (χ4v) is 3.67. The van der Waals surface area contributed by atoms with Gasteiger partial charge >= 0.3 is 6.09 Å². The fraction of sp³-hybridized carbons (Fsp3) is 0.250. The number of nitrogens with one attached hydrogen (secondary N) is 2. The molecule has 2 N–H and O–H groups in total. The van der Waals surface area contributed by atoms with Gasteiger partial charge in [0.1, 0.15) is 17.3 Å². The molecular formula is C24H24FN5O4. The molecule has 0 atom stereocenters. The highest BCUT2D eigenvalue weighted by Gasteiger charge is 2.21. The second kappa shape index (κ2) is 8.97. The maximum absolute atomic E-state index is 14.1. The molecule has 0 aliphatic heterocycles. The summed E-state index contributed by atoms with van der Waals surface area (Å²) in [6.45, 7) is 7.63. The predicted molar refractivity (Wildman–Crippen MR) is 125 cm³/mol. The maximum Gasteiger partial charge on any atom is 0.411 e. The highest BCUT2D eigenvalue weighted by atomic mass is 19.1. The highest BCUT2D eigenvalue weighted by Crippen LogP contribution is 2.30. The van der Waals surface area contributed by atoms with Crippen molar-refractivity contribution in [2.45, 2.75) is 33.7 Å². The molecule has 0 bridgehead atoms. The third-order valence-electron chi connectivity index (χ3n) is 5.26. The van der Waals surface area contributed by atoms with Crippen molar-refractivity contribution in [3.8, 4) is 11.3 Å². The van der Waals surface area contributed by atoms with Crippen molar-refractivity contribution in [3.05, 3.63) is 59.4 Å². The second-order valence-corrected chi connectivity index (χ2v) is 8.07. The molecule has 0 saturated heterocycles. The summed E-state index contributed by atoms with van der Waals surface area (Å²) in [4.78, 5) is 29.6. The zero-order chi connectivity index (χ0) is 24.6. The Morgan fingerprint density at radius 2 is 1.91 bits per heavy atom. The first-order valence-electron chi connectivity index (χ1n) is 10.6. The molecule has 0 unspecified atom stereocenters. The summed E-state index contributed by atoms with van der Waals surface area (Å²) in [5.41, 5.74) is 2.41. The summed E-state index contributed by atoms with van der Waals surface area (Å²) in [5.74, 6) is 0.310. The first-order valence-corrected chi connectivity index (χ1v) is 10.6. The zero-order valence-electron chi connectivity index (χ0n) is 19.4. The first kappa shape index (κ1) is 23.0. The van der Waals surface area contributed by atoms with Crippen LogP contribution in [-0.2, 0) is 4.74 Å². The molecule has 10 heteroatoms. The quantitative estimate of drug-likeness (QED) is 0.405. The largest absolute Gasteiger partial charge is 0.466 e. The van der Waals surface area contributed by atoms with E-state index in [1.165, 1.54) is 19.2 Å². The van der Waals surface area contributed by atoms with Crippen LogP contribution in [0.5, 0.6) is 0 Å². The molecule has 0 aliphatic carbocycles. The van der Waals surface area contributed by atoms with Crippen LogP contribution in [0.2, 0.25) is 0 Å². The van der Waals surface area contributed by atoms with E-state index in [4.69, 9.17) is 9.40 Å². The number of anilines is 2. The Morgan fingerprint density at radius 1 is 1.15 bits per heavy atom. The van der Waals surface area contributed by atoms with Gasteiger partial charge in [-0.3, -0.25) is 10.1 Å². The van der Waals surface area contributed by atoms with Gasteiger partial charge in [0, 0.05) is 17.3 Å². The molecule has 1 aromatic carbocycles. The molecule has 2 amide bonds. The lowest BCUT2D eigenvalue weighted by molar-refractivity contribution is 0.102. The number of pyridine rings is 1. The van der Waals surface area contributed by atoms with Crippen LogP contribution >= 0.6 is 0 Å². The number of carbonyl (C=O) groups excluding carboxylic acids is 2. The Kier molecular flexibility index (Phi) is 6.06. The number of aryl methyl sites for hydroxylation is 2. The van der Waals surface area contributed by atoms with Crippen molar-refractivity contribution in [2.75, 3.05) is 17.7 Å². The molecule has 34 heavy (non-hydrogen) atoms. The smallest absolute Gasteiger partial charge is 0.411 e. The van der Waals surface area contributed by atoms with Crippen molar-refractivity contribution in [1.29, 1.82) is 0 Å². The van der Waals surface area contributed by atoms with Crippen LogP contribution in [0.25, 0.3) is 22.3 Å². The minimum Gasteiger partial charge on any atom is -0.466 e. The Morgan fingerprint density at radius 3 is 2.56 bits per heavy atom.